The lowest BCUT2D eigenvalue weighted by Crippen LogP contribution is -2.30. The molecule has 19 heavy (non-hydrogen) atoms. The lowest BCUT2D eigenvalue weighted by molar-refractivity contribution is 0.0933. The Bertz CT molecular complexity index is 548. The maximum atomic E-state index is 11.7. The second-order valence-corrected chi connectivity index (χ2v) is 4.04. The molecule has 0 aliphatic rings. The van der Waals surface area contributed by atoms with E-state index in [1.54, 1.807) is 48.3 Å². The Morgan fingerprint density at radius 2 is 2.16 bits per heavy atom. The van der Waals surface area contributed by atoms with Crippen LogP contribution in [0.15, 0.2) is 36.7 Å². The van der Waals surface area contributed by atoms with E-state index < -0.39 is 0 Å². The predicted octanol–water partition coefficient (Wildman–Crippen LogP) is 0.811. The van der Waals surface area contributed by atoms with Gasteiger partial charge in [-0.1, -0.05) is 0 Å². The molecule has 0 bridgehead atoms. The molecule has 0 saturated heterocycles. The molecule has 3 N–H and O–H groups in total. The van der Waals surface area contributed by atoms with E-state index in [0.717, 1.165) is 5.75 Å². The summed E-state index contributed by atoms with van der Waals surface area (Å²) in [6.07, 6.45) is 3.31. The molecule has 2 aromatic rings. The summed E-state index contributed by atoms with van der Waals surface area (Å²) in [5, 5.41) is 2.74. The van der Waals surface area contributed by atoms with Crippen molar-refractivity contribution in [3.63, 3.8) is 0 Å². The Hall–Kier alpha value is -2.50. The summed E-state index contributed by atoms with van der Waals surface area (Å²) < 4.78 is 7.12. The van der Waals surface area contributed by atoms with Crippen molar-refractivity contribution < 1.29 is 9.53 Å². The van der Waals surface area contributed by atoms with Gasteiger partial charge >= 0.3 is 0 Å². The SMILES string of the molecule is Cn1ccnc1C(=O)NCCOc1ccc(N)cc1. The van der Waals surface area contributed by atoms with Gasteiger partial charge in [-0.25, -0.2) is 4.98 Å². The van der Waals surface area contributed by atoms with Crippen LogP contribution in [0.5, 0.6) is 5.75 Å². The van der Waals surface area contributed by atoms with Crippen molar-refractivity contribution in [2.75, 3.05) is 18.9 Å². The van der Waals surface area contributed by atoms with Crippen molar-refractivity contribution >= 4 is 11.6 Å². The number of aryl methyl sites for hydroxylation is 1. The van der Waals surface area contributed by atoms with Crippen LogP contribution in [-0.2, 0) is 7.05 Å². The van der Waals surface area contributed by atoms with Crippen LogP contribution in [0.2, 0.25) is 0 Å². The fraction of sp³-hybridized carbons (Fsp3) is 0.231. The summed E-state index contributed by atoms with van der Waals surface area (Å²) in [6.45, 7) is 0.802. The zero-order valence-corrected chi connectivity index (χ0v) is 10.7. The zero-order valence-electron chi connectivity index (χ0n) is 10.7. The normalized spacial score (nSPS) is 10.2. The molecule has 2 rings (SSSR count). The number of hydrogen-bond donors (Lipinski definition) is 2. The molecule has 0 fully saturated rings. The summed E-state index contributed by atoms with van der Waals surface area (Å²) in [4.78, 5) is 15.7. The van der Waals surface area contributed by atoms with Crippen LogP contribution in [-0.4, -0.2) is 28.6 Å². The van der Waals surface area contributed by atoms with Gasteiger partial charge < -0.3 is 20.4 Å². The van der Waals surface area contributed by atoms with Crippen molar-refractivity contribution in [1.82, 2.24) is 14.9 Å². The molecule has 0 spiro atoms. The molecular weight excluding hydrogens is 244 g/mol. The molecule has 6 nitrogen and oxygen atoms in total. The van der Waals surface area contributed by atoms with Crippen LogP contribution in [0.1, 0.15) is 10.6 Å². The molecule has 1 amide bonds. The molecule has 0 aliphatic carbocycles. The molecule has 100 valence electrons. The predicted molar refractivity (Wildman–Crippen MR) is 71.9 cm³/mol. The molecule has 1 aromatic heterocycles. The molecular formula is C13H16N4O2. The fourth-order valence-electron chi connectivity index (χ4n) is 1.56. The van der Waals surface area contributed by atoms with Gasteiger partial charge in [-0.15, -0.1) is 0 Å². The molecule has 1 heterocycles. The van der Waals surface area contributed by atoms with Crippen molar-refractivity contribution in [1.29, 1.82) is 0 Å². The van der Waals surface area contributed by atoms with Gasteiger partial charge in [0.25, 0.3) is 5.91 Å². The summed E-state index contributed by atoms with van der Waals surface area (Å²) in [5.41, 5.74) is 6.26. The summed E-state index contributed by atoms with van der Waals surface area (Å²) >= 11 is 0. The number of benzene rings is 1. The number of carbonyl (C=O) groups excluding carboxylic acids is 1. The van der Waals surface area contributed by atoms with Gasteiger partial charge in [-0.05, 0) is 24.3 Å². The summed E-state index contributed by atoms with van der Waals surface area (Å²) in [7, 11) is 1.77. The van der Waals surface area contributed by atoms with Gasteiger partial charge in [0.05, 0.1) is 6.54 Å². The van der Waals surface area contributed by atoms with Crippen LogP contribution in [0.4, 0.5) is 5.69 Å². The largest absolute Gasteiger partial charge is 0.492 e. The Kier molecular flexibility index (Phi) is 4.02. The number of nitrogens with one attached hydrogen (secondary N) is 1. The number of nitrogen functional groups attached to an aromatic ring is 1. The number of rotatable bonds is 5. The first-order valence-corrected chi connectivity index (χ1v) is 5.90. The van der Waals surface area contributed by atoms with Crippen LogP contribution in [0.3, 0.4) is 0 Å². The van der Waals surface area contributed by atoms with Gasteiger partial charge in [0, 0.05) is 25.1 Å². The van der Waals surface area contributed by atoms with Gasteiger partial charge in [-0.3, -0.25) is 4.79 Å². The second-order valence-electron chi connectivity index (χ2n) is 4.04. The Morgan fingerprint density at radius 1 is 1.42 bits per heavy atom. The highest BCUT2D eigenvalue weighted by molar-refractivity contribution is 5.90. The van der Waals surface area contributed by atoms with Gasteiger partial charge in [0.15, 0.2) is 5.82 Å². The van der Waals surface area contributed by atoms with Crippen molar-refractivity contribution in [3.05, 3.63) is 42.5 Å². The molecule has 0 unspecified atom stereocenters. The molecule has 0 saturated carbocycles. The van der Waals surface area contributed by atoms with Crippen molar-refractivity contribution in [3.8, 4) is 5.75 Å². The third-order valence-corrected chi connectivity index (χ3v) is 2.56. The van der Waals surface area contributed by atoms with E-state index in [9.17, 15) is 4.79 Å². The maximum absolute atomic E-state index is 11.7. The summed E-state index contributed by atoms with van der Waals surface area (Å²) in [5.74, 6) is 0.890. The van der Waals surface area contributed by atoms with Gasteiger partial charge in [-0.2, -0.15) is 0 Å². The van der Waals surface area contributed by atoms with Crippen molar-refractivity contribution in [2.24, 2.45) is 7.05 Å². The van der Waals surface area contributed by atoms with E-state index in [4.69, 9.17) is 10.5 Å². The zero-order chi connectivity index (χ0) is 13.7. The number of amides is 1. The molecule has 1 aromatic carbocycles. The number of anilines is 1. The molecule has 6 heteroatoms. The molecule has 0 radical (unpaired) electrons. The number of nitrogens with two attached hydrogens (primary N) is 1. The van der Waals surface area contributed by atoms with Crippen LogP contribution >= 0.6 is 0 Å². The number of carbonyl (C=O) groups is 1. The third-order valence-electron chi connectivity index (χ3n) is 2.56. The summed E-state index contributed by atoms with van der Waals surface area (Å²) in [6, 6.07) is 7.11. The first-order valence-electron chi connectivity index (χ1n) is 5.90. The first kappa shape index (κ1) is 12.9. The van der Waals surface area contributed by atoms with Crippen LogP contribution in [0.25, 0.3) is 0 Å². The molecule has 0 atom stereocenters. The average molecular weight is 260 g/mol. The van der Waals surface area contributed by atoms with Crippen molar-refractivity contribution in [2.45, 2.75) is 0 Å². The Balaban J connectivity index is 1.74. The number of aromatic nitrogens is 2. The maximum Gasteiger partial charge on any atom is 0.287 e. The van der Waals surface area contributed by atoms with Gasteiger partial charge in [0.1, 0.15) is 12.4 Å². The number of hydrogen-bond acceptors (Lipinski definition) is 4. The Labute approximate surface area is 111 Å². The van der Waals surface area contributed by atoms with E-state index in [1.165, 1.54) is 0 Å². The number of imidazole rings is 1. The first-order chi connectivity index (χ1) is 9.16. The molecule has 0 aliphatic heterocycles. The van der Waals surface area contributed by atoms with E-state index in [0.29, 0.717) is 24.7 Å². The van der Waals surface area contributed by atoms with Gasteiger partial charge in [0.2, 0.25) is 0 Å². The van der Waals surface area contributed by atoms with E-state index in [2.05, 4.69) is 10.3 Å². The minimum absolute atomic E-state index is 0.214. The fourth-order valence-corrected chi connectivity index (χ4v) is 1.56. The lowest BCUT2D eigenvalue weighted by atomic mass is 10.3. The smallest absolute Gasteiger partial charge is 0.287 e. The number of nitrogens with zero attached hydrogens (tertiary/aromatic N) is 2. The second kappa shape index (κ2) is 5.90. The lowest BCUT2D eigenvalue weighted by Gasteiger charge is -2.07. The third kappa shape index (κ3) is 3.48. The highest BCUT2D eigenvalue weighted by atomic mass is 16.5. The average Bonchev–Trinajstić information content (AvgIpc) is 2.83. The number of ether oxygens (including phenoxy) is 1. The Morgan fingerprint density at radius 3 is 2.79 bits per heavy atom. The van der Waals surface area contributed by atoms with E-state index in [1.807, 2.05) is 0 Å². The highest BCUT2D eigenvalue weighted by Gasteiger charge is 2.09. The minimum atomic E-state index is -0.214. The highest BCUT2D eigenvalue weighted by Crippen LogP contribution is 2.12. The minimum Gasteiger partial charge on any atom is -0.492 e. The van der Waals surface area contributed by atoms with Crippen LogP contribution in [0, 0.1) is 0 Å². The van der Waals surface area contributed by atoms with E-state index in [-0.39, 0.29) is 5.91 Å². The van der Waals surface area contributed by atoms with E-state index >= 15 is 0 Å². The topological polar surface area (TPSA) is 82.2 Å². The quantitative estimate of drug-likeness (QED) is 0.615. The standard InChI is InChI=1S/C13H16N4O2/c1-17-8-6-15-12(17)13(18)16-7-9-19-11-4-2-10(14)3-5-11/h2-6,8H,7,9,14H2,1H3,(H,16,18). The van der Waals surface area contributed by atoms with Crippen LogP contribution < -0.4 is 15.8 Å². The monoisotopic (exact) mass is 260 g/mol.